The largest absolute Gasteiger partial charge is 0.507 e. The fourth-order valence-electron chi connectivity index (χ4n) is 4.94. The molecular formula is C30H25ClF3N3O10S3. The van der Waals surface area contributed by atoms with E-state index in [-0.39, 0.29) is 61.6 Å². The maximum atomic E-state index is 12.5. The Morgan fingerprint density at radius 2 is 1.46 bits per heavy atom. The molecule has 50 heavy (non-hydrogen) atoms. The number of hydrogen-bond donors (Lipinski definition) is 4. The van der Waals surface area contributed by atoms with Gasteiger partial charge in [-0.1, -0.05) is 35.9 Å². The molecule has 0 bridgehead atoms. The molecule has 2 aromatic heterocycles. The third kappa shape index (κ3) is 7.57. The normalized spacial score (nSPS) is 16.0. The van der Waals surface area contributed by atoms with Crippen LogP contribution in [-0.4, -0.2) is 62.2 Å². The average molecular weight is 776 g/mol. The van der Waals surface area contributed by atoms with Crippen molar-refractivity contribution in [3.05, 3.63) is 97.7 Å². The summed E-state index contributed by atoms with van der Waals surface area (Å²) >= 11 is 6.34. The molecular weight excluding hydrogens is 751 g/mol. The Balaban J connectivity index is 0.000000194. The van der Waals surface area contributed by atoms with Crippen molar-refractivity contribution >= 4 is 71.0 Å². The Labute approximate surface area is 290 Å². The van der Waals surface area contributed by atoms with Gasteiger partial charge < -0.3 is 24.4 Å². The summed E-state index contributed by atoms with van der Waals surface area (Å²) in [5.74, 6) is -1.86. The van der Waals surface area contributed by atoms with Crippen LogP contribution in [0.15, 0.2) is 88.9 Å². The number of fused-ring (bicyclic) bond motifs is 3. The number of benzene rings is 3. The third-order valence-corrected chi connectivity index (χ3v) is 11.8. The van der Waals surface area contributed by atoms with Gasteiger partial charge in [0, 0.05) is 19.2 Å². The lowest BCUT2D eigenvalue weighted by molar-refractivity contribution is -0.105. The topological polar surface area (TPSA) is 210 Å². The van der Waals surface area contributed by atoms with E-state index in [1.54, 1.807) is 48.5 Å². The minimum Gasteiger partial charge on any atom is -0.507 e. The van der Waals surface area contributed by atoms with Crippen molar-refractivity contribution in [2.75, 3.05) is 23.9 Å². The minimum atomic E-state index is -4.37. The van der Waals surface area contributed by atoms with Crippen molar-refractivity contribution < 1.29 is 49.1 Å². The van der Waals surface area contributed by atoms with Crippen LogP contribution in [0.2, 0.25) is 5.02 Å². The molecule has 1 aliphatic heterocycles. The number of halogens is 4. The fourth-order valence-corrected chi connectivity index (χ4v) is 8.52. The summed E-state index contributed by atoms with van der Waals surface area (Å²) in [6.45, 7) is 0. The maximum absolute atomic E-state index is 12.5. The van der Waals surface area contributed by atoms with Crippen molar-refractivity contribution in [3.63, 3.8) is 0 Å². The lowest BCUT2D eigenvalue weighted by Crippen LogP contribution is -2.47. The van der Waals surface area contributed by atoms with Gasteiger partial charge in [-0.2, -0.15) is 17.5 Å². The summed E-state index contributed by atoms with van der Waals surface area (Å²) in [6.07, 6.45) is -5.64. The van der Waals surface area contributed by atoms with E-state index in [9.17, 15) is 49.8 Å². The molecule has 6 rings (SSSR count). The number of aromatic hydroxyl groups is 2. The molecule has 3 heterocycles. The average Bonchev–Trinajstić information content (AvgIpc) is 3.02. The predicted molar refractivity (Wildman–Crippen MR) is 180 cm³/mol. The van der Waals surface area contributed by atoms with Gasteiger partial charge in [-0.05, 0) is 36.4 Å². The van der Waals surface area contributed by atoms with Crippen LogP contribution in [0.25, 0.3) is 21.9 Å². The highest BCUT2D eigenvalue weighted by Crippen LogP contribution is 2.37. The molecule has 5 aromatic rings. The minimum absolute atomic E-state index is 0.00638. The fraction of sp³-hybridized carbons (Fsp3) is 0.200. The highest BCUT2D eigenvalue weighted by Gasteiger charge is 2.38. The first-order valence-electron chi connectivity index (χ1n) is 14.0. The highest BCUT2D eigenvalue weighted by atomic mass is 35.5. The van der Waals surface area contributed by atoms with Crippen molar-refractivity contribution in [2.24, 2.45) is 5.14 Å². The van der Waals surface area contributed by atoms with Crippen molar-refractivity contribution in [1.29, 1.82) is 0 Å². The molecule has 1 unspecified atom stereocenters. The van der Waals surface area contributed by atoms with Crippen LogP contribution in [0.1, 0.15) is 11.1 Å². The van der Waals surface area contributed by atoms with Gasteiger partial charge in [0.1, 0.15) is 38.6 Å². The molecule has 0 amide bonds. The van der Waals surface area contributed by atoms with E-state index in [0.717, 1.165) is 16.4 Å². The second-order valence-electron chi connectivity index (χ2n) is 10.7. The van der Waals surface area contributed by atoms with E-state index in [1.165, 1.54) is 7.05 Å². The summed E-state index contributed by atoms with van der Waals surface area (Å²) < 4.78 is 96.0. The molecule has 266 valence electrons. The van der Waals surface area contributed by atoms with E-state index >= 15 is 0 Å². The predicted octanol–water partition coefficient (Wildman–Crippen LogP) is 4.56. The van der Waals surface area contributed by atoms with E-state index in [4.69, 9.17) is 25.6 Å². The maximum Gasteiger partial charge on any atom is 0.397 e. The van der Waals surface area contributed by atoms with Crippen LogP contribution in [0.4, 0.5) is 18.9 Å². The molecule has 20 heteroatoms. The molecule has 0 aliphatic carbocycles. The van der Waals surface area contributed by atoms with Gasteiger partial charge in [-0.3, -0.25) is 0 Å². The molecule has 0 saturated carbocycles. The lowest BCUT2D eigenvalue weighted by Gasteiger charge is -2.35. The van der Waals surface area contributed by atoms with E-state index in [1.807, 2.05) is 0 Å². The zero-order valence-corrected chi connectivity index (χ0v) is 28.6. The Hall–Kier alpha value is -4.27. The van der Waals surface area contributed by atoms with Crippen LogP contribution >= 0.6 is 23.4 Å². The standard InChI is InChI=1S/C19H12O6.C11H13ClF3N3O4S3/c20-16-10-5-1-3-7-14(10)24-18(22)12(16)9-13-17(21)11-6-2-4-8-15(11)25-19(13)23;1-18-10(4-23-5-11(13,14)15)17-7-2-6(12)8(24(16,19)20)3-9(7)25(18,21)22/h1-8,20-21H,9H2;2-3,10,17H,4-5H2,1H3,(H2,16,19,20). The Morgan fingerprint density at radius 1 is 0.960 bits per heavy atom. The van der Waals surface area contributed by atoms with E-state index in [0.29, 0.717) is 22.5 Å². The van der Waals surface area contributed by atoms with Gasteiger partial charge in [-0.25, -0.2) is 31.6 Å². The second kappa shape index (κ2) is 13.8. The zero-order chi connectivity index (χ0) is 36.8. The van der Waals surface area contributed by atoms with Crippen molar-refractivity contribution in [2.45, 2.75) is 28.6 Å². The molecule has 3 aromatic carbocycles. The van der Waals surface area contributed by atoms with Gasteiger partial charge in [0.15, 0.2) is 0 Å². The Kier molecular flexibility index (Phi) is 10.2. The molecule has 0 radical (unpaired) electrons. The molecule has 0 saturated heterocycles. The number of anilines is 1. The number of nitrogens with zero attached hydrogens (tertiary/aromatic N) is 1. The number of nitrogens with two attached hydrogens (primary N) is 1. The van der Waals surface area contributed by atoms with Gasteiger partial charge in [0.05, 0.1) is 38.4 Å². The van der Waals surface area contributed by atoms with Crippen LogP contribution in [0, 0.1) is 0 Å². The first-order chi connectivity index (χ1) is 23.3. The highest BCUT2D eigenvalue weighted by molar-refractivity contribution is 7.99. The van der Waals surface area contributed by atoms with Crippen LogP contribution in [0.3, 0.4) is 0 Å². The number of thioether (sulfide) groups is 1. The zero-order valence-electron chi connectivity index (χ0n) is 25.4. The third-order valence-electron chi connectivity index (χ3n) is 7.41. The summed E-state index contributed by atoms with van der Waals surface area (Å²) in [5, 5.41) is 29.0. The number of rotatable bonds is 6. The summed E-state index contributed by atoms with van der Waals surface area (Å²) in [6, 6.07) is 14.9. The molecule has 13 nitrogen and oxygen atoms in total. The van der Waals surface area contributed by atoms with Gasteiger partial charge >= 0.3 is 17.4 Å². The smallest absolute Gasteiger partial charge is 0.397 e. The number of alkyl halides is 3. The molecule has 5 N–H and O–H groups in total. The lowest BCUT2D eigenvalue weighted by atomic mass is 10.0. The number of primary sulfonamides is 1. The first-order valence-corrected chi connectivity index (χ1v) is 18.5. The summed E-state index contributed by atoms with van der Waals surface area (Å²) in [5.41, 5.74) is -1.31. The molecule has 1 aliphatic rings. The first kappa shape index (κ1) is 37.0. The Morgan fingerprint density at radius 3 is 1.94 bits per heavy atom. The number of para-hydroxylation sites is 2. The Bertz CT molecular complexity index is 2380. The van der Waals surface area contributed by atoms with Gasteiger partial charge in [0.25, 0.3) is 0 Å². The van der Waals surface area contributed by atoms with Crippen LogP contribution in [0.5, 0.6) is 11.5 Å². The number of hydrogen-bond acceptors (Lipinski definition) is 12. The van der Waals surface area contributed by atoms with E-state index < -0.39 is 54.3 Å². The summed E-state index contributed by atoms with van der Waals surface area (Å²) in [4.78, 5) is 23.5. The van der Waals surface area contributed by atoms with Crippen molar-refractivity contribution in [1.82, 2.24) is 4.31 Å². The number of sulfonamides is 2. The monoisotopic (exact) mass is 775 g/mol. The number of nitrogens with one attached hydrogen (secondary N) is 1. The molecule has 0 spiro atoms. The molecule has 0 fully saturated rings. The van der Waals surface area contributed by atoms with Gasteiger partial charge in [-0.15, -0.1) is 11.8 Å². The van der Waals surface area contributed by atoms with Gasteiger partial charge in [0.2, 0.25) is 20.0 Å². The molecule has 1 atom stereocenters. The van der Waals surface area contributed by atoms with E-state index in [2.05, 4.69) is 5.32 Å². The second-order valence-corrected chi connectivity index (χ2v) is 15.7. The SMILES string of the molecule is CN1C(CSCC(F)(F)F)Nc2cc(Cl)c(S(N)(=O)=O)cc2S1(=O)=O.O=c1oc2ccccc2c(O)c1Cc1c(O)c2ccccc2oc1=O. The van der Waals surface area contributed by atoms with Crippen LogP contribution in [-0.2, 0) is 26.5 Å². The summed E-state index contributed by atoms with van der Waals surface area (Å²) in [7, 11) is -7.21. The quantitative estimate of drug-likeness (QED) is 0.175. The van der Waals surface area contributed by atoms with Crippen LogP contribution < -0.4 is 21.7 Å². The van der Waals surface area contributed by atoms with Crippen molar-refractivity contribution in [3.8, 4) is 11.5 Å².